The summed E-state index contributed by atoms with van der Waals surface area (Å²) in [5.41, 5.74) is 4.43. The maximum Gasteiger partial charge on any atom is 0.267 e. The van der Waals surface area contributed by atoms with E-state index in [1.807, 2.05) is 37.3 Å². The third-order valence-electron chi connectivity index (χ3n) is 5.83. The number of carbonyl (C=O) groups excluding carboxylic acids is 1. The highest BCUT2D eigenvalue weighted by Crippen LogP contribution is 2.27. The molecule has 0 atom stereocenters. The Labute approximate surface area is 195 Å². The molecule has 168 valence electrons. The average molecular weight is 460 g/mol. The third-order valence-corrected chi connectivity index (χ3v) is 6.77. The lowest BCUT2D eigenvalue weighted by Gasteiger charge is -2.28. The van der Waals surface area contributed by atoms with Gasteiger partial charge in [0.15, 0.2) is 5.13 Å². The summed E-state index contributed by atoms with van der Waals surface area (Å²) in [4.78, 5) is 31.8. The number of benzene rings is 2. The lowest BCUT2D eigenvalue weighted by molar-refractivity contribution is -0.117. The first-order chi connectivity index (χ1) is 16.0. The van der Waals surface area contributed by atoms with Gasteiger partial charge in [-0.05, 0) is 62.1 Å². The van der Waals surface area contributed by atoms with Crippen LogP contribution in [-0.2, 0) is 11.3 Å². The van der Waals surface area contributed by atoms with E-state index in [9.17, 15) is 9.59 Å². The zero-order chi connectivity index (χ0) is 22.8. The van der Waals surface area contributed by atoms with Crippen molar-refractivity contribution in [3.63, 3.8) is 0 Å². The van der Waals surface area contributed by atoms with Crippen LogP contribution in [0.2, 0.25) is 0 Å². The van der Waals surface area contributed by atoms with Crippen LogP contribution in [0.25, 0.3) is 21.5 Å². The molecule has 0 aliphatic carbocycles. The molecule has 0 unspecified atom stereocenters. The van der Waals surface area contributed by atoms with E-state index in [2.05, 4.69) is 32.4 Å². The molecule has 4 aromatic rings. The van der Waals surface area contributed by atoms with E-state index in [1.54, 1.807) is 6.07 Å². The predicted octanol–water partition coefficient (Wildman–Crippen LogP) is 4.46. The van der Waals surface area contributed by atoms with E-state index in [1.165, 1.54) is 47.0 Å². The first kappa shape index (κ1) is 21.3. The van der Waals surface area contributed by atoms with Gasteiger partial charge in [0.2, 0.25) is 5.91 Å². The number of hydrogen-bond acceptors (Lipinski definition) is 6. The minimum Gasteiger partial charge on any atom is -0.372 e. The van der Waals surface area contributed by atoms with Crippen molar-refractivity contribution in [3.8, 4) is 11.3 Å². The van der Waals surface area contributed by atoms with Crippen molar-refractivity contribution >= 4 is 38.3 Å². The van der Waals surface area contributed by atoms with Gasteiger partial charge in [0, 0.05) is 30.4 Å². The number of carbonyl (C=O) groups is 1. The molecule has 5 rings (SSSR count). The number of rotatable bonds is 5. The number of aromatic nitrogens is 3. The molecule has 1 aliphatic rings. The fraction of sp³-hybridized carbons (Fsp3) is 0.280. The molecule has 1 aliphatic heterocycles. The van der Waals surface area contributed by atoms with Gasteiger partial charge in [-0.15, -0.1) is 0 Å². The van der Waals surface area contributed by atoms with E-state index in [0.29, 0.717) is 10.8 Å². The Morgan fingerprint density at radius 2 is 1.82 bits per heavy atom. The second-order valence-electron chi connectivity index (χ2n) is 8.35. The molecule has 0 spiro atoms. The highest BCUT2D eigenvalue weighted by Gasteiger charge is 2.13. The van der Waals surface area contributed by atoms with Gasteiger partial charge in [-0.1, -0.05) is 29.5 Å². The molecule has 0 bridgehead atoms. The van der Waals surface area contributed by atoms with Crippen molar-refractivity contribution in [3.05, 3.63) is 70.5 Å². The van der Waals surface area contributed by atoms with Gasteiger partial charge in [0.1, 0.15) is 6.54 Å². The lowest BCUT2D eigenvalue weighted by atomic mass is 10.1. The minimum absolute atomic E-state index is 0.173. The molecular weight excluding hydrogens is 434 g/mol. The van der Waals surface area contributed by atoms with Crippen LogP contribution in [0.5, 0.6) is 0 Å². The summed E-state index contributed by atoms with van der Waals surface area (Å²) in [5, 5.41) is 7.74. The molecule has 1 saturated heterocycles. The second-order valence-corrected chi connectivity index (χ2v) is 9.38. The van der Waals surface area contributed by atoms with Crippen LogP contribution in [0.4, 0.5) is 10.8 Å². The summed E-state index contributed by atoms with van der Waals surface area (Å²) in [5.74, 6) is -0.335. The van der Waals surface area contributed by atoms with Crippen LogP contribution in [0, 0.1) is 6.92 Å². The van der Waals surface area contributed by atoms with E-state index >= 15 is 0 Å². The number of hydrogen-bond donors (Lipinski definition) is 1. The quantitative estimate of drug-likeness (QED) is 0.477. The molecule has 2 aromatic carbocycles. The molecule has 8 heteroatoms. The van der Waals surface area contributed by atoms with Crippen LogP contribution in [0.15, 0.2) is 59.4 Å². The van der Waals surface area contributed by atoms with Gasteiger partial charge in [0.25, 0.3) is 5.56 Å². The maximum absolute atomic E-state index is 12.6. The van der Waals surface area contributed by atoms with Crippen molar-refractivity contribution in [2.45, 2.75) is 32.7 Å². The molecular formula is C25H25N5O2S. The average Bonchev–Trinajstić information content (AvgIpc) is 3.22. The number of nitrogens with zero attached hydrogens (tertiary/aromatic N) is 4. The number of anilines is 2. The number of nitrogens with one attached hydrogen (secondary N) is 1. The van der Waals surface area contributed by atoms with E-state index in [4.69, 9.17) is 0 Å². The van der Waals surface area contributed by atoms with Gasteiger partial charge < -0.3 is 10.2 Å². The number of fused-ring (bicyclic) bond motifs is 1. The summed E-state index contributed by atoms with van der Waals surface area (Å²) < 4.78 is 2.20. The molecule has 1 amide bonds. The molecule has 1 N–H and O–H groups in total. The van der Waals surface area contributed by atoms with Crippen molar-refractivity contribution in [2.24, 2.45) is 0 Å². The zero-order valence-corrected chi connectivity index (χ0v) is 19.3. The predicted molar refractivity (Wildman–Crippen MR) is 133 cm³/mol. The molecule has 0 radical (unpaired) electrons. The monoisotopic (exact) mass is 459 g/mol. The Morgan fingerprint density at radius 3 is 2.61 bits per heavy atom. The van der Waals surface area contributed by atoms with Crippen LogP contribution in [-0.4, -0.2) is 33.8 Å². The summed E-state index contributed by atoms with van der Waals surface area (Å²) in [6.07, 6.45) is 3.76. The normalized spacial score (nSPS) is 13.9. The highest BCUT2D eigenvalue weighted by atomic mass is 32.1. The fourth-order valence-corrected chi connectivity index (χ4v) is 5.07. The molecule has 33 heavy (non-hydrogen) atoms. The first-order valence-corrected chi connectivity index (χ1v) is 12.0. The molecule has 0 saturated carbocycles. The van der Waals surface area contributed by atoms with Crippen molar-refractivity contribution in [1.82, 2.24) is 14.8 Å². The molecule has 1 fully saturated rings. The van der Waals surface area contributed by atoms with Gasteiger partial charge in [0.05, 0.1) is 15.9 Å². The van der Waals surface area contributed by atoms with Crippen LogP contribution < -0.4 is 15.8 Å². The number of aryl methyl sites for hydroxylation is 1. The number of thiazole rings is 1. The lowest BCUT2D eigenvalue weighted by Crippen LogP contribution is -2.29. The summed E-state index contributed by atoms with van der Waals surface area (Å²) in [6, 6.07) is 17.3. The topological polar surface area (TPSA) is 80.1 Å². The molecule has 3 heterocycles. The van der Waals surface area contributed by atoms with Crippen molar-refractivity contribution in [2.75, 3.05) is 23.3 Å². The molecule has 2 aromatic heterocycles. The largest absolute Gasteiger partial charge is 0.372 e. The van der Waals surface area contributed by atoms with E-state index < -0.39 is 0 Å². The van der Waals surface area contributed by atoms with Crippen LogP contribution in [0.3, 0.4) is 0 Å². The Bertz CT molecular complexity index is 1350. The SMILES string of the molecule is Cc1ccc2nc(NC(=O)Cn3nc(-c4ccc(N5CCCCC5)cc4)ccc3=O)sc2c1. The van der Waals surface area contributed by atoms with Crippen LogP contribution in [0.1, 0.15) is 24.8 Å². The van der Waals surface area contributed by atoms with Gasteiger partial charge in [-0.2, -0.15) is 5.10 Å². The standard InChI is InChI=1S/C25H25N5O2S/c1-17-5-10-21-22(15-17)33-25(26-21)27-23(31)16-30-24(32)12-11-20(28-30)18-6-8-19(9-7-18)29-13-3-2-4-14-29/h5-12,15H,2-4,13-14,16H2,1H3,(H,26,27,31). The highest BCUT2D eigenvalue weighted by molar-refractivity contribution is 7.22. The zero-order valence-electron chi connectivity index (χ0n) is 18.5. The van der Waals surface area contributed by atoms with Gasteiger partial charge in [-0.3, -0.25) is 9.59 Å². The van der Waals surface area contributed by atoms with Crippen molar-refractivity contribution in [1.29, 1.82) is 0 Å². The Morgan fingerprint density at radius 1 is 1.03 bits per heavy atom. The fourth-order valence-electron chi connectivity index (χ4n) is 4.09. The summed E-state index contributed by atoms with van der Waals surface area (Å²) in [7, 11) is 0. The second kappa shape index (κ2) is 9.15. The maximum atomic E-state index is 12.6. The Kier molecular flexibility index (Phi) is 5.92. The minimum atomic E-state index is -0.335. The smallest absolute Gasteiger partial charge is 0.267 e. The summed E-state index contributed by atoms with van der Waals surface area (Å²) >= 11 is 1.41. The Hall–Kier alpha value is -3.52. The van der Waals surface area contributed by atoms with Gasteiger partial charge in [-0.25, -0.2) is 9.67 Å². The van der Waals surface area contributed by atoms with Crippen LogP contribution >= 0.6 is 11.3 Å². The first-order valence-electron chi connectivity index (χ1n) is 11.2. The Balaban J connectivity index is 1.30. The van der Waals surface area contributed by atoms with E-state index in [-0.39, 0.29) is 18.0 Å². The summed E-state index contributed by atoms with van der Waals surface area (Å²) in [6.45, 7) is 4.02. The van der Waals surface area contributed by atoms with E-state index in [0.717, 1.165) is 34.4 Å². The number of amides is 1. The van der Waals surface area contributed by atoms with Crippen molar-refractivity contribution < 1.29 is 4.79 Å². The third kappa shape index (κ3) is 4.80. The molecule has 7 nitrogen and oxygen atoms in total. The number of piperidine rings is 1. The van der Waals surface area contributed by atoms with Gasteiger partial charge >= 0.3 is 0 Å².